The van der Waals surface area contributed by atoms with Crippen molar-refractivity contribution in [2.75, 3.05) is 19.8 Å². The van der Waals surface area contributed by atoms with Crippen LogP contribution in [0.4, 0.5) is 13.2 Å². The summed E-state index contributed by atoms with van der Waals surface area (Å²) in [5.41, 5.74) is 1.14. The van der Waals surface area contributed by atoms with Crippen molar-refractivity contribution in [3.8, 4) is 5.75 Å². The van der Waals surface area contributed by atoms with Gasteiger partial charge in [-0.25, -0.2) is 4.52 Å². The fraction of sp³-hybridized carbons (Fsp3) is 0.385. The highest BCUT2D eigenvalue weighted by molar-refractivity contribution is 6.00. The number of fused-ring (bicyclic) bond motifs is 1. The van der Waals surface area contributed by atoms with E-state index in [0.29, 0.717) is 16.8 Å². The van der Waals surface area contributed by atoms with Crippen LogP contribution >= 0.6 is 0 Å². The topological polar surface area (TPSA) is 52.8 Å². The van der Waals surface area contributed by atoms with Crippen LogP contribution in [-0.2, 0) is 4.74 Å². The molecule has 0 amide bonds. The van der Waals surface area contributed by atoms with Crippen LogP contribution in [-0.4, -0.2) is 41.4 Å². The third-order valence-electron chi connectivity index (χ3n) is 2.63. The van der Waals surface area contributed by atoms with Gasteiger partial charge < -0.3 is 9.47 Å². The molecule has 0 unspecified atom stereocenters. The van der Waals surface area contributed by atoms with Gasteiger partial charge in [0.15, 0.2) is 5.78 Å². The number of ether oxygens (including phenoxy) is 2. The maximum atomic E-state index is 11.8. The fourth-order valence-corrected chi connectivity index (χ4v) is 1.73. The minimum absolute atomic E-state index is 0.0115. The van der Waals surface area contributed by atoms with Gasteiger partial charge in [0.2, 0.25) is 0 Å². The number of hydrogen-bond donors (Lipinski definition) is 0. The summed E-state index contributed by atoms with van der Waals surface area (Å²) in [5.74, 6) is 0.329. The standard InChI is InChI=1S/C13H13F3N2O3/c1-9(19)11-6-17-18-7-10(2-3-12(11)18)21-5-4-20-8-13(14,15)16/h2-3,6-7H,4-5,8H2,1H3. The van der Waals surface area contributed by atoms with E-state index in [9.17, 15) is 18.0 Å². The molecule has 2 rings (SSSR count). The summed E-state index contributed by atoms with van der Waals surface area (Å²) in [7, 11) is 0. The van der Waals surface area contributed by atoms with E-state index in [4.69, 9.17) is 4.74 Å². The van der Waals surface area contributed by atoms with E-state index in [-0.39, 0.29) is 19.0 Å². The van der Waals surface area contributed by atoms with Crippen molar-refractivity contribution in [1.82, 2.24) is 9.61 Å². The maximum absolute atomic E-state index is 11.8. The Morgan fingerprint density at radius 3 is 2.76 bits per heavy atom. The van der Waals surface area contributed by atoms with Gasteiger partial charge in [-0.3, -0.25) is 4.79 Å². The molecule has 0 radical (unpaired) electrons. The lowest BCUT2D eigenvalue weighted by atomic mass is 10.2. The highest BCUT2D eigenvalue weighted by atomic mass is 19.4. The smallest absolute Gasteiger partial charge is 0.411 e. The number of carbonyl (C=O) groups excluding carboxylic acids is 1. The van der Waals surface area contributed by atoms with Crippen molar-refractivity contribution in [3.63, 3.8) is 0 Å². The number of aromatic nitrogens is 2. The predicted molar refractivity (Wildman–Crippen MR) is 67.6 cm³/mol. The van der Waals surface area contributed by atoms with Crippen LogP contribution in [0.1, 0.15) is 17.3 Å². The molecule has 0 fully saturated rings. The molecular weight excluding hydrogens is 289 g/mol. The van der Waals surface area contributed by atoms with E-state index in [0.717, 1.165) is 0 Å². The summed E-state index contributed by atoms with van der Waals surface area (Å²) < 4.78 is 46.7. The van der Waals surface area contributed by atoms with E-state index in [1.54, 1.807) is 18.3 Å². The summed E-state index contributed by atoms with van der Waals surface area (Å²) in [6.07, 6.45) is -1.34. The summed E-state index contributed by atoms with van der Waals surface area (Å²) in [6.45, 7) is -0.0340. The van der Waals surface area contributed by atoms with E-state index in [2.05, 4.69) is 9.84 Å². The predicted octanol–water partition coefficient (Wildman–Crippen LogP) is 2.49. The lowest BCUT2D eigenvalue weighted by Crippen LogP contribution is -2.19. The highest BCUT2D eigenvalue weighted by Gasteiger charge is 2.27. The number of ketones is 1. The number of carbonyl (C=O) groups is 1. The average Bonchev–Trinajstić information content (AvgIpc) is 2.80. The quantitative estimate of drug-likeness (QED) is 0.608. The van der Waals surface area contributed by atoms with Gasteiger partial charge in [0.25, 0.3) is 0 Å². The first kappa shape index (κ1) is 15.3. The molecule has 2 aromatic heterocycles. The highest BCUT2D eigenvalue weighted by Crippen LogP contribution is 2.17. The number of hydrogen-bond acceptors (Lipinski definition) is 4. The first-order chi connectivity index (χ1) is 9.87. The Labute approximate surface area is 118 Å². The molecule has 0 aromatic carbocycles. The van der Waals surface area contributed by atoms with Crippen LogP contribution in [0.25, 0.3) is 5.52 Å². The monoisotopic (exact) mass is 302 g/mol. The molecule has 0 atom stereocenters. The van der Waals surface area contributed by atoms with Gasteiger partial charge in [-0.2, -0.15) is 18.3 Å². The lowest BCUT2D eigenvalue weighted by molar-refractivity contribution is -0.175. The second kappa shape index (κ2) is 6.13. The second-order valence-electron chi connectivity index (χ2n) is 4.33. The molecular formula is C13H13F3N2O3. The SMILES string of the molecule is CC(=O)c1cnn2cc(OCCOCC(F)(F)F)ccc12. The first-order valence-electron chi connectivity index (χ1n) is 6.12. The maximum Gasteiger partial charge on any atom is 0.411 e. The van der Waals surface area contributed by atoms with Gasteiger partial charge in [0.1, 0.15) is 19.0 Å². The van der Waals surface area contributed by atoms with E-state index >= 15 is 0 Å². The minimum Gasteiger partial charge on any atom is -0.490 e. The van der Waals surface area contributed by atoms with E-state index < -0.39 is 12.8 Å². The van der Waals surface area contributed by atoms with Crippen molar-refractivity contribution in [2.24, 2.45) is 0 Å². The zero-order valence-electron chi connectivity index (χ0n) is 11.2. The summed E-state index contributed by atoms with van der Waals surface area (Å²) in [6, 6.07) is 3.28. The number of rotatable bonds is 6. The number of pyridine rings is 1. The van der Waals surface area contributed by atoms with Gasteiger partial charge in [-0.1, -0.05) is 0 Å². The van der Waals surface area contributed by atoms with Crippen molar-refractivity contribution in [3.05, 3.63) is 30.1 Å². The lowest BCUT2D eigenvalue weighted by Gasteiger charge is -2.09. The van der Waals surface area contributed by atoms with Crippen LogP contribution < -0.4 is 4.74 Å². The van der Waals surface area contributed by atoms with Crippen LogP contribution in [0.2, 0.25) is 0 Å². The fourth-order valence-electron chi connectivity index (χ4n) is 1.73. The molecule has 2 aromatic rings. The van der Waals surface area contributed by atoms with Crippen LogP contribution in [0.3, 0.4) is 0 Å². The Kier molecular flexibility index (Phi) is 4.46. The molecule has 0 N–H and O–H groups in total. The van der Waals surface area contributed by atoms with Gasteiger partial charge >= 0.3 is 6.18 Å². The molecule has 0 bridgehead atoms. The molecule has 0 saturated heterocycles. The molecule has 21 heavy (non-hydrogen) atoms. The van der Waals surface area contributed by atoms with Crippen molar-refractivity contribution < 1.29 is 27.4 Å². The molecule has 114 valence electrons. The first-order valence-corrected chi connectivity index (χ1v) is 6.12. The second-order valence-corrected chi connectivity index (χ2v) is 4.33. The van der Waals surface area contributed by atoms with Gasteiger partial charge in [-0.15, -0.1) is 0 Å². The van der Waals surface area contributed by atoms with Gasteiger partial charge in [0.05, 0.1) is 30.1 Å². The number of halogens is 3. The zero-order chi connectivity index (χ0) is 15.5. The van der Waals surface area contributed by atoms with Crippen molar-refractivity contribution >= 4 is 11.3 Å². The summed E-state index contributed by atoms with van der Waals surface area (Å²) >= 11 is 0. The molecule has 0 saturated carbocycles. The van der Waals surface area contributed by atoms with Crippen LogP contribution in [0, 0.1) is 0 Å². The number of alkyl halides is 3. The summed E-state index contributed by atoms with van der Waals surface area (Å²) in [5, 5.41) is 4.01. The molecule has 0 spiro atoms. The molecule has 0 aliphatic carbocycles. The third kappa shape index (κ3) is 4.19. The van der Waals surface area contributed by atoms with Gasteiger partial charge in [-0.05, 0) is 19.1 Å². The van der Waals surface area contributed by atoms with Crippen LogP contribution in [0.5, 0.6) is 5.75 Å². The number of Topliss-reactive ketones (excluding diaryl/α,β-unsaturated/α-hetero) is 1. The van der Waals surface area contributed by atoms with Gasteiger partial charge in [0, 0.05) is 0 Å². The molecule has 0 aliphatic rings. The Morgan fingerprint density at radius 1 is 1.33 bits per heavy atom. The Bertz CT molecular complexity index is 637. The van der Waals surface area contributed by atoms with Crippen molar-refractivity contribution in [1.29, 1.82) is 0 Å². The summed E-state index contributed by atoms with van der Waals surface area (Å²) in [4.78, 5) is 11.3. The zero-order valence-corrected chi connectivity index (χ0v) is 11.2. The van der Waals surface area contributed by atoms with E-state index in [1.807, 2.05) is 0 Å². The molecule has 8 heteroatoms. The molecule has 5 nitrogen and oxygen atoms in total. The Morgan fingerprint density at radius 2 is 2.10 bits per heavy atom. The minimum atomic E-state index is -4.34. The van der Waals surface area contributed by atoms with Crippen LogP contribution in [0.15, 0.2) is 24.5 Å². The third-order valence-corrected chi connectivity index (χ3v) is 2.63. The average molecular weight is 302 g/mol. The Hall–Kier alpha value is -2.09. The number of nitrogens with zero attached hydrogens (tertiary/aromatic N) is 2. The molecule has 2 heterocycles. The Balaban J connectivity index is 1.90. The molecule has 0 aliphatic heterocycles. The largest absolute Gasteiger partial charge is 0.490 e. The van der Waals surface area contributed by atoms with Crippen molar-refractivity contribution in [2.45, 2.75) is 13.1 Å². The normalized spacial score (nSPS) is 11.8. The van der Waals surface area contributed by atoms with E-state index in [1.165, 1.54) is 17.6 Å².